The van der Waals surface area contributed by atoms with Crippen molar-refractivity contribution in [3.63, 3.8) is 0 Å². The highest BCUT2D eigenvalue weighted by Gasteiger charge is 2.37. The van der Waals surface area contributed by atoms with E-state index in [1.54, 1.807) is 26.2 Å². The topological polar surface area (TPSA) is 77.8 Å². The summed E-state index contributed by atoms with van der Waals surface area (Å²) in [6.45, 7) is 1.80. The second-order valence-corrected chi connectivity index (χ2v) is 8.32. The smallest absolute Gasteiger partial charge is 0.387 e. The van der Waals surface area contributed by atoms with Gasteiger partial charge in [-0.05, 0) is 66.9 Å². The van der Waals surface area contributed by atoms with E-state index in [9.17, 15) is 8.78 Å². The number of nitrogens with two attached hydrogens (primary N) is 1. The number of aryl methyl sites for hydroxylation is 1. The molecule has 0 bridgehead atoms. The van der Waals surface area contributed by atoms with Crippen molar-refractivity contribution in [2.45, 2.75) is 25.9 Å². The third-order valence-electron chi connectivity index (χ3n) is 5.97. The van der Waals surface area contributed by atoms with E-state index in [4.69, 9.17) is 15.2 Å². The first-order valence-corrected chi connectivity index (χ1v) is 11.3. The number of hydrogen-bond donors (Lipinski definition) is 3. The first kappa shape index (κ1) is 24.2. The lowest BCUT2D eigenvalue weighted by molar-refractivity contribution is -0.0503. The number of methoxy groups -OCH3 is 1. The van der Waals surface area contributed by atoms with Crippen LogP contribution in [0.1, 0.15) is 23.6 Å². The molecule has 4 rings (SSSR count). The van der Waals surface area contributed by atoms with Gasteiger partial charge >= 0.3 is 6.61 Å². The van der Waals surface area contributed by atoms with Crippen molar-refractivity contribution in [3.05, 3.63) is 89.3 Å². The molecule has 1 aliphatic heterocycles. The van der Waals surface area contributed by atoms with Crippen LogP contribution in [0.25, 0.3) is 0 Å². The summed E-state index contributed by atoms with van der Waals surface area (Å²) < 4.78 is 41.5. The van der Waals surface area contributed by atoms with Gasteiger partial charge in [-0.3, -0.25) is 0 Å². The van der Waals surface area contributed by atoms with Crippen molar-refractivity contribution >= 4 is 11.4 Å². The fourth-order valence-corrected chi connectivity index (χ4v) is 4.35. The molecule has 3 aromatic carbocycles. The zero-order chi connectivity index (χ0) is 25.0. The first-order chi connectivity index (χ1) is 16.8. The molecule has 1 aliphatic rings. The predicted octanol–water partition coefficient (Wildman–Crippen LogP) is 5.44. The Hall–Kier alpha value is -3.94. The van der Waals surface area contributed by atoms with Crippen LogP contribution in [0.4, 0.5) is 20.2 Å². The summed E-state index contributed by atoms with van der Waals surface area (Å²) in [4.78, 5) is 0. The number of anilines is 2. The maximum atomic E-state index is 12.8. The third-order valence-corrected chi connectivity index (χ3v) is 5.97. The molecule has 0 aliphatic carbocycles. The van der Waals surface area contributed by atoms with Crippen molar-refractivity contribution in [3.8, 4) is 17.2 Å². The van der Waals surface area contributed by atoms with Crippen molar-refractivity contribution in [2.75, 3.05) is 25.6 Å². The van der Waals surface area contributed by atoms with Crippen molar-refractivity contribution in [1.82, 2.24) is 5.32 Å². The van der Waals surface area contributed by atoms with E-state index in [1.807, 2.05) is 61.5 Å². The molecular weight excluding hydrogens is 452 g/mol. The monoisotopic (exact) mass is 481 g/mol. The molecule has 1 heterocycles. The van der Waals surface area contributed by atoms with Crippen LogP contribution in [-0.2, 0) is 5.41 Å². The van der Waals surface area contributed by atoms with Crippen LogP contribution in [0.2, 0.25) is 0 Å². The fraction of sp³-hybridized carbons (Fsp3) is 0.259. The lowest BCUT2D eigenvalue weighted by atomic mass is 9.74. The number of ether oxygens (including phenoxy) is 3. The van der Waals surface area contributed by atoms with Gasteiger partial charge in [-0.1, -0.05) is 18.2 Å². The SMILES string of the molecule is CCOc1cc(Nc2cccc(OC)c2)cc(C2(c3ccc(OC(F)F)c(C)c3)C=C(N)NC2)c1. The highest BCUT2D eigenvalue weighted by Crippen LogP contribution is 2.41. The van der Waals surface area contributed by atoms with E-state index in [1.165, 1.54) is 0 Å². The van der Waals surface area contributed by atoms with Gasteiger partial charge in [0.25, 0.3) is 0 Å². The molecule has 0 radical (unpaired) electrons. The normalized spacial score (nSPS) is 17.0. The second-order valence-electron chi connectivity index (χ2n) is 8.32. The number of benzene rings is 3. The van der Waals surface area contributed by atoms with Gasteiger partial charge in [0.05, 0.1) is 25.0 Å². The number of halogens is 2. The number of rotatable bonds is 9. The minimum Gasteiger partial charge on any atom is -0.497 e. The Bertz CT molecular complexity index is 1230. The van der Waals surface area contributed by atoms with E-state index >= 15 is 0 Å². The summed E-state index contributed by atoms with van der Waals surface area (Å²) in [5.41, 5.74) is 9.66. The molecule has 0 aromatic heterocycles. The summed E-state index contributed by atoms with van der Waals surface area (Å²) >= 11 is 0. The maximum Gasteiger partial charge on any atom is 0.387 e. The Morgan fingerprint density at radius 3 is 2.49 bits per heavy atom. The molecule has 3 aromatic rings. The largest absolute Gasteiger partial charge is 0.497 e. The summed E-state index contributed by atoms with van der Waals surface area (Å²) in [7, 11) is 1.63. The molecule has 1 unspecified atom stereocenters. The van der Waals surface area contributed by atoms with Gasteiger partial charge < -0.3 is 30.6 Å². The quantitative estimate of drug-likeness (QED) is 0.378. The van der Waals surface area contributed by atoms with Crippen molar-refractivity contribution in [2.24, 2.45) is 5.73 Å². The van der Waals surface area contributed by atoms with Crippen LogP contribution in [0.15, 0.2) is 72.6 Å². The van der Waals surface area contributed by atoms with Crippen LogP contribution in [-0.4, -0.2) is 26.9 Å². The second kappa shape index (κ2) is 10.1. The van der Waals surface area contributed by atoms with E-state index in [2.05, 4.69) is 15.4 Å². The Kier molecular flexibility index (Phi) is 7.00. The Balaban J connectivity index is 1.80. The molecule has 0 amide bonds. The highest BCUT2D eigenvalue weighted by atomic mass is 19.3. The highest BCUT2D eigenvalue weighted by molar-refractivity contribution is 5.66. The summed E-state index contributed by atoms with van der Waals surface area (Å²) in [6.07, 6.45) is 1.95. The van der Waals surface area contributed by atoms with Crippen LogP contribution in [0.3, 0.4) is 0 Å². The van der Waals surface area contributed by atoms with Crippen molar-refractivity contribution < 1.29 is 23.0 Å². The van der Waals surface area contributed by atoms with Gasteiger partial charge in [-0.2, -0.15) is 8.78 Å². The summed E-state index contributed by atoms with van der Waals surface area (Å²) in [5.74, 6) is 2.12. The van der Waals surface area contributed by atoms with Crippen LogP contribution < -0.4 is 30.6 Å². The molecule has 35 heavy (non-hydrogen) atoms. The van der Waals surface area contributed by atoms with E-state index in [-0.39, 0.29) is 5.75 Å². The number of alkyl halides is 2. The van der Waals surface area contributed by atoms with Crippen molar-refractivity contribution in [1.29, 1.82) is 0 Å². The van der Waals surface area contributed by atoms with Gasteiger partial charge in [-0.15, -0.1) is 0 Å². The number of hydrogen-bond acceptors (Lipinski definition) is 6. The van der Waals surface area contributed by atoms with E-state index < -0.39 is 12.0 Å². The van der Waals surface area contributed by atoms with Gasteiger partial charge in [0.2, 0.25) is 0 Å². The Morgan fingerprint density at radius 1 is 1.03 bits per heavy atom. The minimum atomic E-state index is -2.88. The fourth-order valence-electron chi connectivity index (χ4n) is 4.35. The summed E-state index contributed by atoms with van der Waals surface area (Å²) in [5, 5.41) is 6.65. The molecule has 0 saturated carbocycles. The van der Waals surface area contributed by atoms with Gasteiger partial charge in [-0.25, -0.2) is 0 Å². The molecule has 1 atom stereocenters. The predicted molar refractivity (Wildman–Crippen MR) is 133 cm³/mol. The van der Waals surface area contributed by atoms with E-state index in [0.29, 0.717) is 30.3 Å². The molecule has 0 spiro atoms. The van der Waals surface area contributed by atoms with Crippen LogP contribution in [0, 0.1) is 6.92 Å². The van der Waals surface area contributed by atoms with Crippen LogP contribution in [0.5, 0.6) is 17.2 Å². The Morgan fingerprint density at radius 2 is 1.83 bits per heavy atom. The standard InChI is InChI=1S/C27H29F2N3O3/c1-4-34-23-12-19(11-21(14-23)32-20-6-5-7-22(13-20)33-3)27(15-25(30)31-16-27)18-8-9-24(17(2)10-18)35-26(28)29/h5-15,26,31-32H,4,16,30H2,1-3H3. The first-order valence-electron chi connectivity index (χ1n) is 11.3. The van der Waals surface area contributed by atoms with E-state index in [0.717, 1.165) is 28.3 Å². The lowest BCUT2D eigenvalue weighted by Gasteiger charge is -2.30. The zero-order valence-corrected chi connectivity index (χ0v) is 19.9. The minimum absolute atomic E-state index is 0.144. The molecule has 0 fully saturated rings. The van der Waals surface area contributed by atoms with Gasteiger partial charge in [0.15, 0.2) is 0 Å². The number of nitrogens with one attached hydrogen (secondary N) is 2. The van der Waals surface area contributed by atoms with Gasteiger partial charge in [0, 0.05) is 30.1 Å². The molecule has 4 N–H and O–H groups in total. The average molecular weight is 482 g/mol. The zero-order valence-electron chi connectivity index (χ0n) is 19.9. The molecule has 0 saturated heterocycles. The van der Waals surface area contributed by atoms with Gasteiger partial charge in [0.1, 0.15) is 17.2 Å². The Labute approximate surface area is 203 Å². The maximum absolute atomic E-state index is 12.8. The summed E-state index contributed by atoms with van der Waals surface area (Å²) in [6, 6.07) is 18.8. The molecule has 184 valence electrons. The third kappa shape index (κ3) is 5.26. The molecular formula is C27H29F2N3O3. The van der Waals surface area contributed by atoms with Crippen LogP contribution >= 0.6 is 0 Å². The lowest BCUT2D eigenvalue weighted by Crippen LogP contribution is -2.31. The molecule has 6 nitrogen and oxygen atoms in total. The average Bonchev–Trinajstić information content (AvgIpc) is 3.23. The molecule has 8 heteroatoms.